The number of imidazole rings is 1. The zero-order valence-corrected chi connectivity index (χ0v) is 18.6. The number of aromatic nitrogens is 3. The van der Waals surface area contributed by atoms with Crippen molar-refractivity contribution >= 4 is 17.3 Å². The molecule has 2 aromatic heterocycles. The summed E-state index contributed by atoms with van der Waals surface area (Å²) in [5.41, 5.74) is 2.52. The first-order valence-corrected chi connectivity index (χ1v) is 10.5. The van der Waals surface area contributed by atoms with E-state index in [1.165, 1.54) is 12.1 Å². The van der Waals surface area contributed by atoms with Gasteiger partial charge < -0.3 is 4.90 Å². The molecule has 0 bridgehead atoms. The van der Waals surface area contributed by atoms with Crippen molar-refractivity contribution in [3.63, 3.8) is 0 Å². The SMILES string of the molecule is CC(C)(C)c1cc(-c2ccc(F)cc2)nn2cc(C(=O)N3CCC(=O)CC3(C)C)nc12. The maximum Gasteiger partial charge on any atom is 0.274 e. The molecule has 3 aromatic rings. The third-order valence-corrected chi connectivity index (χ3v) is 5.81. The minimum atomic E-state index is -0.554. The molecule has 3 heterocycles. The third kappa shape index (κ3) is 3.96. The molecule has 0 unspecified atom stereocenters. The molecule has 0 N–H and O–H groups in total. The number of amides is 1. The molecule has 1 amide bonds. The average Bonchev–Trinajstić information content (AvgIpc) is 3.10. The number of carbonyl (C=O) groups is 2. The van der Waals surface area contributed by atoms with E-state index >= 15 is 0 Å². The molecule has 0 aliphatic carbocycles. The molecular formula is C24H27FN4O2. The van der Waals surface area contributed by atoms with Crippen LogP contribution < -0.4 is 0 Å². The smallest absolute Gasteiger partial charge is 0.274 e. The molecule has 0 spiro atoms. The molecule has 0 atom stereocenters. The number of Topliss-reactive ketones (excluding diaryl/α,β-unsaturated/α-hetero) is 1. The van der Waals surface area contributed by atoms with E-state index in [0.29, 0.717) is 36.4 Å². The van der Waals surface area contributed by atoms with Crippen molar-refractivity contribution in [2.24, 2.45) is 0 Å². The van der Waals surface area contributed by atoms with Crippen molar-refractivity contribution in [2.45, 2.75) is 58.4 Å². The second kappa shape index (κ2) is 7.25. The van der Waals surface area contributed by atoms with Crippen molar-refractivity contribution in [3.05, 3.63) is 53.6 Å². The number of hydrogen-bond donors (Lipinski definition) is 0. The average molecular weight is 423 g/mol. The largest absolute Gasteiger partial charge is 0.331 e. The van der Waals surface area contributed by atoms with Crippen molar-refractivity contribution in [2.75, 3.05) is 6.54 Å². The van der Waals surface area contributed by atoms with Crippen LogP contribution in [0.25, 0.3) is 16.9 Å². The Morgan fingerprint density at radius 2 is 1.84 bits per heavy atom. The number of fused-ring (bicyclic) bond motifs is 1. The van der Waals surface area contributed by atoms with Gasteiger partial charge in [-0.15, -0.1) is 0 Å². The second-order valence-electron chi connectivity index (χ2n) is 9.83. The molecule has 1 aromatic carbocycles. The molecule has 162 valence electrons. The highest BCUT2D eigenvalue weighted by Crippen LogP contribution is 2.31. The van der Waals surface area contributed by atoms with Crippen molar-refractivity contribution in [3.8, 4) is 11.3 Å². The Hall–Kier alpha value is -3.09. The Labute approximate surface area is 181 Å². The molecule has 0 radical (unpaired) electrons. The predicted octanol–water partition coefficient (Wildman–Crippen LogP) is 4.42. The topological polar surface area (TPSA) is 67.6 Å². The number of likely N-dealkylation sites (tertiary alicyclic amines) is 1. The normalized spacial score (nSPS) is 16.7. The molecule has 1 saturated heterocycles. The fourth-order valence-electron chi connectivity index (χ4n) is 4.11. The monoisotopic (exact) mass is 422 g/mol. The van der Waals surface area contributed by atoms with E-state index in [0.717, 1.165) is 11.1 Å². The zero-order valence-electron chi connectivity index (χ0n) is 18.6. The number of piperidine rings is 1. The van der Waals surface area contributed by atoms with Gasteiger partial charge in [-0.05, 0) is 49.6 Å². The summed E-state index contributed by atoms with van der Waals surface area (Å²) in [6.07, 6.45) is 2.35. The van der Waals surface area contributed by atoms with Gasteiger partial charge in [-0.3, -0.25) is 9.59 Å². The molecule has 6 nitrogen and oxygen atoms in total. The van der Waals surface area contributed by atoms with Crippen LogP contribution >= 0.6 is 0 Å². The van der Waals surface area contributed by atoms with Gasteiger partial charge in [-0.25, -0.2) is 13.9 Å². The van der Waals surface area contributed by atoms with E-state index in [4.69, 9.17) is 0 Å². The van der Waals surface area contributed by atoms with Crippen LogP contribution in [0.15, 0.2) is 36.5 Å². The molecule has 0 saturated carbocycles. The standard InChI is InChI=1S/C24H27FN4O2/c1-23(2,3)18-12-19(15-6-8-16(25)9-7-15)27-29-14-20(26-21(18)29)22(31)28-11-10-17(30)13-24(28,4)5/h6-9,12,14H,10-11,13H2,1-5H3. The van der Waals surface area contributed by atoms with Crippen LogP contribution in [-0.2, 0) is 10.2 Å². The summed E-state index contributed by atoms with van der Waals surface area (Å²) in [6.45, 7) is 10.4. The van der Waals surface area contributed by atoms with Gasteiger partial charge in [0.05, 0.1) is 11.9 Å². The Morgan fingerprint density at radius 1 is 1.16 bits per heavy atom. The van der Waals surface area contributed by atoms with Gasteiger partial charge >= 0.3 is 0 Å². The lowest BCUT2D eigenvalue weighted by Gasteiger charge is -2.41. The van der Waals surface area contributed by atoms with Crippen LogP contribution in [-0.4, -0.2) is 43.3 Å². The van der Waals surface area contributed by atoms with E-state index in [2.05, 4.69) is 30.9 Å². The summed E-state index contributed by atoms with van der Waals surface area (Å²) in [4.78, 5) is 31.6. The lowest BCUT2D eigenvalue weighted by atomic mass is 9.87. The Balaban J connectivity index is 1.81. The van der Waals surface area contributed by atoms with Crippen LogP contribution in [0.1, 0.15) is 63.5 Å². The summed E-state index contributed by atoms with van der Waals surface area (Å²) < 4.78 is 15.0. The quantitative estimate of drug-likeness (QED) is 0.613. The van der Waals surface area contributed by atoms with Crippen LogP contribution in [0.4, 0.5) is 4.39 Å². The Morgan fingerprint density at radius 3 is 2.45 bits per heavy atom. The molecule has 4 rings (SSSR count). The minimum absolute atomic E-state index is 0.171. The minimum Gasteiger partial charge on any atom is -0.331 e. The molecule has 31 heavy (non-hydrogen) atoms. The number of halogens is 1. The number of hydrogen-bond acceptors (Lipinski definition) is 4. The fraction of sp³-hybridized carbons (Fsp3) is 0.417. The first-order chi connectivity index (χ1) is 14.5. The highest BCUT2D eigenvalue weighted by Gasteiger charge is 2.38. The first kappa shape index (κ1) is 21.2. The lowest BCUT2D eigenvalue weighted by Crippen LogP contribution is -2.53. The number of rotatable bonds is 2. The van der Waals surface area contributed by atoms with Crippen molar-refractivity contribution in [1.29, 1.82) is 0 Å². The van der Waals surface area contributed by atoms with Crippen molar-refractivity contribution < 1.29 is 14.0 Å². The van der Waals surface area contributed by atoms with Crippen LogP contribution in [0.2, 0.25) is 0 Å². The summed E-state index contributed by atoms with van der Waals surface area (Å²) in [6, 6.07) is 8.13. The maximum atomic E-state index is 13.4. The molecule has 1 aliphatic rings. The summed E-state index contributed by atoms with van der Waals surface area (Å²) in [7, 11) is 0. The van der Waals surface area contributed by atoms with Gasteiger partial charge in [0, 0.05) is 36.1 Å². The fourth-order valence-corrected chi connectivity index (χ4v) is 4.11. The molecular weight excluding hydrogens is 395 g/mol. The van der Waals surface area contributed by atoms with Gasteiger partial charge in [0.2, 0.25) is 0 Å². The van der Waals surface area contributed by atoms with Crippen molar-refractivity contribution in [1.82, 2.24) is 19.5 Å². The van der Waals surface area contributed by atoms with Gasteiger partial charge in [0.15, 0.2) is 5.65 Å². The molecule has 1 fully saturated rings. The van der Waals surface area contributed by atoms with Gasteiger partial charge in [0.25, 0.3) is 5.91 Å². The highest BCUT2D eigenvalue weighted by atomic mass is 19.1. The van der Waals surface area contributed by atoms with E-state index in [1.807, 2.05) is 19.9 Å². The van der Waals surface area contributed by atoms with E-state index in [9.17, 15) is 14.0 Å². The van der Waals surface area contributed by atoms with E-state index < -0.39 is 5.54 Å². The number of carbonyl (C=O) groups excluding carboxylic acids is 2. The van der Waals surface area contributed by atoms with Crippen LogP contribution in [0, 0.1) is 5.82 Å². The summed E-state index contributed by atoms with van der Waals surface area (Å²) >= 11 is 0. The van der Waals surface area contributed by atoms with Gasteiger partial charge in [-0.1, -0.05) is 20.8 Å². The lowest BCUT2D eigenvalue weighted by molar-refractivity contribution is -0.124. The zero-order chi connectivity index (χ0) is 22.6. The first-order valence-electron chi connectivity index (χ1n) is 10.5. The number of ketones is 1. The van der Waals surface area contributed by atoms with E-state index in [1.54, 1.807) is 27.7 Å². The summed E-state index contributed by atoms with van der Waals surface area (Å²) in [5.74, 6) is -0.338. The van der Waals surface area contributed by atoms with Crippen LogP contribution in [0.3, 0.4) is 0 Å². The number of nitrogens with zero attached hydrogens (tertiary/aromatic N) is 4. The van der Waals surface area contributed by atoms with Gasteiger partial charge in [0.1, 0.15) is 17.3 Å². The second-order valence-corrected chi connectivity index (χ2v) is 9.83. The predicted molar refractivity (Wildman–Crippen MR) is 116 cm³/mol. The molecule has 7 heteroatoms. The number of benzene rings is 1. The highest BCUT2D eigenvalue weighted by molar-refractivity contribution is 5.95. The van der Waals surface area contributed by atoms with Gasteiger partial charge in [-0.2, -0.15) is 5.10 Å². The van der Waals surface area contributed by atoms with E-state index in [-0.39, 0.29) is 22.9 Å². The Kier molecular flexibility index (Phi) is 4.95. The van der Waals surface area contributed by atoms with Crippen LogP contribution in [0.5, 0.6) is 0 Å². The Bertz CT molecular complexity index is 1170. The maximum absolute atomic E-state index is 13.4. The molecule has 1 aliphatic heterocycles. The third-order valence-electron chi connectivity index (χ3n) is 5.81. The summed E-state index contributed by atoms with van der Waals surface area (Å²) in [5, 5.41) is 4.65.